The van der Waals surface area contributed by atoms with Crippen molar-refractivity contribution < 1.29 is 23.5 Å². The van der Waals surface area contributed by atoms with Crippen molar-refractivity contribution >= 4 is 33.5 Å². The minimum Gasteiger partial charge on any atom is -0.486 e. The number of aromatic nitrogens is 2. The van der Waals surface area contributed by atoms with Crippen LogP contribution in [0.1, 0.15) is 32.2 Å². The van der Waals surface area contributed by atoms with Crippen molar-refractivity contribution in [2.75, 3.05) is 12.4 Å². The summed E-state index contributed by atoms with van der Waals surface area (Å²) < 4.78 is 18.7. The van der Waals surface area contributed by atoms with Gasteiger partial charge in [-0.2, -0.15) is 5.10 Å². The first kappa shape index (κ1) is 22.3. The molecule has 2 aromatic heterocycles. The fourth-order valence-electron chi connectivity index (χ4n) is 3.02. The molecule has 4 aromatic rings. The summed E-state index contributed by atoms with van der Waals surface area (Å²) in [6.07, 6.45) is 3.34. The maximum absolute atomic E-state index is 12.5. The molecule has 0 saturated carbocycles. The summed E-state index contributed by atoms with van der Waals surface area (Å²) in [5.41, 5.74) is 2.09. The van der Waals surface area contributed by atoms with Crippen LogP contribution in [-0.2, 0) is 17.9 Å². The molecule has 0 bridgehead atoms. The second kappa shape index (κ2) is 10.2. The molecular formula is C24H20BrN3O5. The molecule has 0 unspecified atom stereocenters. The van der Waals surface area contributed by atoms with Crippen molar-refractivity contribution in [2.24, 2.45) is 0 Å². The summed E-state index contributed by atoms with van der Waals surface area (Å²) in [5.74, 6) is 0.413. The number of carbonyl (C=O) groups is 2. The molecule has 0 spiro atoms. The molecule has 0 radical (unpaired) electrons. The molecule has 0 aliphatic carbocycles. The van der Waals surface area contributed by atoms with E-state index in [9.17, 15) is 9.59 Å². The molecule has 2 aromatic carbocycles. The number of esters is 1. The molecule has 1 amide bonds. The second-order valence-electron chi connectivity index (χ2n) is 7.08. The van der Waals surface area contributed by atoms with Gasteiger partial charge in [0.15, 0.2) is 5.76 Å². The van der Waals surface area contributed by atoms with Crippen LogP contribution in [0.2, 0.25) is 0 Å². The number of benzene rings is 2. The number of halogens is 1. The predicted octanol–water partition coefficient (Wildman–Crippen LogP) is 4.90. The Hall–Kier alpha value is -3.85. The third-order valence-corrected chi connectivity index (χ3v) is 5.22. The zero-order chi connectivity index (χ0) is 23.2. The smallest absolute Gasteiger partial charge is 0.337 e. The van der Waals surface area contributed by atoms with Crippen LogP contribution in [0.5, 0.6) is 5.75 Å². The van der Waals surface area contributed by atoms with Gasteiger partial charge >= 0.3 is 5.97 Å². The van der Waals surface area contributed by atoms with E-state index in [1.165, 1.54) is 7.11 Å². The molecule has 4 rings (SSSR count). The van der Waals surface area contributed by atoms with E-state index in [2.05, 4.69) is 31.1 Å². The summed E-state index contributed by atoms with van der Waals surface area (Å²) >= 11 is 3.42. The summed E-state index contributed by atoms with van der Waals surface area (Å²) in [6.45, 7) is 0.724. The molecular weight excluding hydrogens is 490 g/mol. The number of rotatable bonds is 8. The van der Waals surface area contributed by atoms with Gasteiger partial charge in [0.05, 0.1) is 31.1 Å². The van der Waals surface area contributed by atoms with Crippen molar-refractivity contribution in [3.63, 3.8) is 0 Å². The van der Waals surface area contributed by atoms with Gasteiger partial charge in [-0.05, 0) is 54.1 Å². The van der Waals surface area contributed by atoms with E-state index < -0.39 is 5.97 Å². The molecule has 0 aliphatic rings. The monoisotopic (exact) mass is 509 g/mol. The average Bonchev–Trinajstić information content (AvgIpc) is 3.48. The quantitative estimate of drug-likeness (QED) is 0.339. The Bertz CT molecular complexity index is 1250. The number of furan rings is 1. The maximum atomic E-state index is 12.5. The first-order valence-corrected chi connectivity index (χ1v) is 10.8. The lowest BCUT2D eigenvalue weighted by Crippen LogP contribution is -2.10. The van der Waals surface area contributed by atoms with Gasteiger partial charge in [0.2, 0.25) is 0 Å². The van der Waals surface area contributed by atoms with Gasteiger partial charge in [0.25, 0.3) is 5.91 Å². The van der Waals surface area contributed by atoms with Crippen LogP contribution >= 0.6 is 15.9 Å². The van der Waals surface area contributed by atoms with Crippen molar-refractivity contribution in [1.82, 2.24) is 9.78 Å². The van der Waals surface area contributed by atoms with Crippen LogP contribution < -0.4 is 10.1 Å². The minimum atomic E-state index is -0.415. The maximum Gasteiger partial charge on any atom is 0.337 e. The van der Waals surface area contributed by atoms with Gasteiger partial charge in [0, 0.05) is 10.7 Å². The zero-order valence-electron chi connectivity index (χ0n) is 17.7. The largest absolute Gasteiger partial charge is 0.486 e. The number of hydrogen-bond acceptors (Lipinski definition) is 6. The van der Waals surface area contributed by atoms with Crippen LogP contribution in [0.15, 0.2) is 81.9 Å². The lowest BCUT2D eigenvalue weighted by Gasteiger charge is -2.05. The molecule has 168 valence electrons. The topological polar surface area (TPSA) is 95.6 Å². The van der Waals surface area contributed by atoms with E-state index in [0.29, 0.717) is 29.3 Å². The van der Waals surface area contributed by atoms with Crippen LogP contribution in [0.25, 0.3) is 0 Å². The van der Waals surface area contributed by atoms with Crippen LogP contribution in [-0.4, -0.2) is 28.8 Å². The molecule has 1 N–H and O–H groups in total. The molecule has 0 aliphatic heterocycles. The van der Waals surface area contributed by atoms with Gasteiger partial charge < -0.3 is 19.2 Å². The Morgan fingerprint density at radius 3 is 2.55 bits per heavy atom. The predicted molar refractivity (Wildman–Crippen MR) is 124 cm³/mol. The molecule has 0 atom stereocenters. The highest BCUT2D eigenvalue weighted by Gasteiger charge is 2.13. The molecule has 9 heteroatoms. The van der Waals surface area contributed by atoms with Crippen LogP contribution in [0, 0.1) is 0 Å². The van der Waals surface area contributed by atoms with E-state index in [-0.39, 0.29) is 18.3 Å². The highest BCUT2D eigenvalue weighted by Crippen LogP contribution is 2.17. The van der Waals surface area contributed by atoms with E-state index in [1.807, 2.05) is 24.3 Å². The van der Waals surface area contributed by atoms with Gasteiger partial charge in [-0.15, -0.1) is 0 Å². The highest BCUT2D eigenvalue weighted by molar-refractivity contribution is 9.10. The van der Waals surface area contributed by atoms with Crippen LogP contribution in [0.3, 0.4) is 0 Å². The number of methoxy groups -OCH3 is 1. The molecule has 0 fully saturated rings. The third kappa shape index (κ3) is 5.89. The van der Waals surface area contributed by atoms with E-state index >= 15 is 0 Å². The number of amides is 1. The fourth-order valence-corrected chi connectivity index (χ4v) is 3.29. The highest BCUT2D eigenvalue weighted by atomic mass is 79.9. The number of hydrogen-bond donors (Lipinski definition) is 1. The third-order valence-electron chi connectivity index (χ3n) is 4.69. The Morgan fingerprint density at radius 1 is 1.06 bits per heavy atom. The average molecular weight is 510 g/mol. The Balaban J connectivity index is 1.30. The summed E-state index contributed by atoms with van der Waals surface area (Å²) in [7, 11) is 1.33. The lowest BCUT2D eigenvalue weighted by atomic mass is 10.2. The number of anilines is 1. The molecule has 0 saturated heterocycles. The van der Waals surface area contributed by atoms with E-state index in [0.717, 1.165) is 10.0 Å². The summed E-state index contributed by atoms with van der Waals surface area (Å²) in [5, 5.41) is 7.06. The molecule has 33 heavy (non-hydrogen) atoms. The second-order valence-corrected chi connectivity index (χ2v) is 7.99. The van der Waals surface area contributed by atoms with Crippen molar-refractivity contribution in [3.05, 3.63) is 100 Å². The van der Waals surface area contributed by atoms with Gasteiger partial charge in [-0.1, -0.05) is 28.1 Å². The Labute approximate surface area is 198 Å². The summed E-state index contributed by atoms with van der Waals surface area (Å²) in [4.78, 5) is 24.0. The normalized spacial score (nSPS) is 10.6. The van der Waals surface area contributed by atoms with Crippen molar-refractivity contribution in [1.29, 1.82) is 0 Å². The Morgan fingerprint density at radius 2 is 1.82 bits per heavy atom. The van der Waals surface area contributed by atoms with E-state index in [1.54, 1.807) is 53.5 Å². The summed E-state index contributed by atoms with van der Waals surface area (Å²) in [6, 6.07) is 17.7. The molecule has 2 heterocycles. The Kier molecular flexibility index (Phi) is 6.89. The van der Waals surface area contributed by atoms with Crippen LogP contribution in [0.4, 0.5) is 5.69 Å². The van der Waals surface area contributed by atoms with Gasteiger partial charge in [-0.25, -0.2) is 4.79 Å². The van der Waals surface area contributed by atoms with Gasteiger partial charge in [0.1, 0.15) is 18.1 Å². The number of ether oxygens (including phenoxy) is 2. The lowest BCUT2D eigenvalue weighted by molar-refractivity contribution is 0.0600. The zero-order valence-corrected chi connectivity index (χ0v) is 19.2. The first-order valence-electron chi connectivity index (χ1n) is 9.98. The SMILES string of the molecule is COC(=O)c1ccc(OCc2ccc(C(=O)Nc3cnn(Cc4ccc(Br)cc4)c3)o2)cc1. The standard InChI is InChI=1S/C24H20BrN3O5/c1-31-24(30)17-4-8-20(9-5-17)32-15-21-10-11-22(33-21)23(29)27-19-12-26-28(14-19)13-16-2-6-18(25)7-3-16/h2-12,14H,13,15H2,1H3,(H,27,29). The first-order chi connectivity index (χ1) is 16.0. The van der Waals surface area contributed by atoms with Crippen molar-refractivity contribution in [2.45, 2.75) is 13.2 Å². The number of carbonyl (C=O) groups excluding carboxylic acids is 2. The van der Waals surface area contributed by atoms with Crippen molar-refractivity contribution in [3.8, 4) is 5.75 Å². The molecule has 8 nitrogen and oxygen atoms in total. The number of nitrogens with one attached hydrogen (secondary N) is 1. The fraction of sp³-hybridized carbons (Fsp3) is 0.125. The number of nitrogens with zero attached hydrogens (tertiary/aromatic N) is 2. The minimum absolute atomic E-state index is 0.135. The van der Waals surface area contributed by atoms with E-state index in [4.69, 9.17) is 9.15 Å². The van der Waals surface area contributed by atoms with Gasteiger partial charge in [-0.3, -0.25) is 9.48 Å².